The minimum atomic E-state index is -0.136. The van der Waals surface area contributed by atoms with Crippen molar-refractivity contribution >= 4 is 79.0 Å². The summed E-state index contributed by atoms with van der Waals surface area (Å²) in [7, 11) is 0. The Bertz CT molecular complexity index is 5190. The van der Waals surface area contributed by atoms with E-state index in [1.165, 1.54) is 5.56 Å². The van der Waals surface area contributed by atoms with E-state index >= 15 is 0 Å². The van der Waals surface area contributed by atoms with Crippen molar-refractivity contribution in [1.82, 2.24) is 14.1 Å². The molecule has 6 aliphatic heterocycles. The molecule has 0 saturated carbocycles. The number of para-hydroxylation sites is 4. The molecule has 0 spiro atoms. The molecule has 0 bridgehead atoms. The molecular formula is C76H46B2N4O7. The predicted molar refractivity (Wildman–Crippen MR) is 347 cm³/mol. The molecule has 0 atom stereocenters. The van der Waals surface area contributed by atoms with Crippen LogP contribution in [0.1, 0.15) is 26.3 Å². The van der Waals surface area contributed by atoms with Crippen LogP contribution in [0.2, 0.25) is 0 Å². The Morgan fingerprint density at radius 3 is 1.43 bits per heavy atom. The highest BCUT2D eigenvalue weighted by atomic mass is 16.5. The van der Waals surface area contributed by atoms with Gasteiger partial charge in [0.2, 0.25) is 0 Å². The van der Waals surface area contributed by atoms with Crippen molar-refractivity contribution < 1.29 is 37.7 Å². The van der Waals surface area contributed by atoms with Crippen LogP contribution in [0.15, 0.2) is 225 Å². The second-order valence-corrected chi connectivity index (χ2v) is 24.7. The summed E-state index contributed by atoms with van der Waals surface area (Å²) in [6.45, 7) is 6.42. The van der Waals surface area contributed by atoms with E-state index in [0.717, 1.165) is 174 Å². The maximum Gasteiger partial charge on any atom is 0.270 e. The van der Waals surface area contributed by atoms with Gasteiger partial charge < -0.3 is 33.2 Å². The SMILES string of the molecule is CC(C)(C)c1ccnc(-n2c3ccccc3c3ccc(Oc4cccc(-n5[c-][n+](-c6c(-c7cc8c9c(c7)Oc7cccc%10c7B9c7c(cccc7O8)O%10)cccc6-c6cc7c8c(c6)Oc6cccc9c6B8c6c(cccc6O7)O9)c6ccccc65)c4)cc32)c1. The molecule has 9 heterocycles. The summed E-state index contributed by atoms with van der Waals surface area (Å²) in [5, 5.41) is 2.26. The van der Waals surface area contributed by atoms with Gasteiger partial charge in [0.25, 0.3) is 19.8 Å². The average molecular weight is 1150 g/mol. The van der Waals surface area contributed by atoms with Crippen molar-refractivity contribution in [1.29, 1.82) is 0 Å². The van der Waals surface area contributed by atoms with E-state index in [4.69, 9.17) is 38.1 Å². The number of pyridine rings is 1. The normalized spacial score (nSPS) is 13.6. The largest absolute Gasteiger partial charge is 0.458 e. The van der Waals surface area contributed by atoms with Crippen LogP contribution >= 0.6 is 0 Å². The molecule has 0 fully saturated rings. The summed E-state index contributed by atoms with van der Waals surface area (Å²) in [6, 6.07) is 75.1. The van der Waals surface area contributed by atoms with Gasteiger partial charge in [-0.2, -0.15) is 0 Å². The van der Waals surface area contributed by atoms with E-state index in [2.05, 4.69) is 174 Å². The van der Waals surface area contributed by atoms with E-state index in [0.29, 0.717) is 11.5 Å². The van der Waals surface area contributed by atoms with Gasteiger partial charge in [-0.05, 0) is 155 Å². The van der Waals surface area contributed by atoms with Crippen LogP contribution in [-0.2, 0) is 5.41 Å². The number of aromatic nitrogens is 4. The Morgan fingerprint density at radius 1 is 0.416 bits per heavy atom. The Morgan fingerprint density at radius 2 is 0.876 bits per heavy atom. The molecule has 0 aliphatic carbocycles. The first-order valence-corrected chi connectivity index (χ1v) is 30.0. The third-order valence-corrected chi connectivity index (χ3v) is 18.6. The number of hydrogen-bond acceptors (Lipinski definition) is 8. The Hall–Kier alpha value is -11.4. The zero-order valence-electron chi connectivity index (χ0n) is 48.2. The van der Waals surface area contributed by atoms with E-state index in [1.54, 1.807) is 0 Å². The van der Waals surface area contributed by atoms with Crippen LogP contribution < -0.4 is 70.5 Å². The lowest BCUT2D eigenvalue weighted by atomic mass is 9.34. The average Bonchev–Trinajstić information content (AvgIpc) is 1.53. The quantitative estimate of drug-likeness (QED) is 0.0885. The third kappa shape index (κ3) is 6.95. The van der Waals surface area contributed by atoms with E-state index in [1.807, 2.05) is 91.1 Å². The molecule has 11 nitrogen and oxygen atoms in total. The predicted octanol–water partition coefficient (Wildman–Crippen LogP) is 14.3. The van der Waals surface area contributed by atoms with Gasteiger partial charge in [0.05, 0.1) is 33.4 Å². The topological polar surface area (TPSA) is 91.2 Å². The van der Waals surface area contributed by atoms with Gasteiger partial charge in [-0.3, -0.25) is 13.7 Å². The van der Waals surface area contributed by atoms with Crippen LogP contribution in [0.25, 0.3) is 72.3 Å². The summed E-state index contributed by atoms with van der Waals surface area (Å²) >= 11 is 0. The molecule has 0 saturated heterocycles. The highest BCUT2D eigenvalue weighted by molar-refractivity contribution is 7.00. The van der Waals surface area contributed by atoms with Crippen molar-refractivity contribution in [3.8, 4) is 120 Å². The molecular weight excluding hydrogens is 1100 g/mol. The number of fused-ring (bicyclic) bond motifs is 4. The maximum atomic E-state index is 6.98. The zero-order chi connectivity index (χ0) is 58.5. The molecule has 89 heavy (non-hydrogen) atoms. The second kappa shape index (κ2) is 17.6. The van der Waals surface area contributed by atoms with Gasteiger partial charge in [0.15, 0.2) is 0 Å². The molecule has 0 radical (unpaired) electrons. The maximum absolute atomic E-state index is 6.98. The first-order valence-electron chi connectivity index (χ1n) is 30.0. The third-order valence-electron chi connectivity index (χ3n) is 18.6. The first-order chi connectivity index (χ1) is 43.7. The molecule has 3 aromatic heterocycles. The fourth-order valence-electron chi connectivity index (χ4n) is 14.7. The summed E-state index contributed by atoms with van der Waals surface area (Å²) in [5.41, 5.74) is 16.4. The highest BCUT2D eigenvalue weighted by Gasteiger charge is 2.48. The van der Waals surface area contributed by atoms with Gasteiger partial charge in [-0.15, -0.1) is 0 Å². The van der Waals surface area contributed by atoms with Gasteiger partial charge in [-0.1, -0.05) is 112 Å². The standard InChI is InChI=1S/C76H46B2N4O7/c1-76(2,3)44-32-33-79-68(38-44)82-52-19-5-4-16-50(52)51-31-30-47(40-55(51)82)83-46-15-8-14-45(39-46)80-41-81(54-21-7-6-20-53(54)80)75-48(42-34-64-73-65(35-42)87-61-27-11-23-57-70(61)77(73)69-56(84-57)22-10-26-60(69)86-64)17-9-18-49(75)43-36-66-74-67(37-43)89-63-29-13-25-59-72(63)78(74)71-58(85-59)24-12-28-62(71)88-66/h4-40H,1-3H3. The van der Waals surface area contributed by atoms with Crippen LogP contribution in [0, 0.1) is 6.33 Å². The second-order valence-electron chi connectivity index (χ2n) is 24.7. The molecule has 0 unspecified atom stereocenters. The number of imidazole rings is 1. The summed E-state index contributed by atoms with van der Waals surface area (Å²) in [5.74, 6) is 11.3. The van der Waals surface area contributed by atoms with Crippen molar-refractivity contribution in [3.05, 3.63) is 236 Å². The molecule has 11 aromatic carbocycles. The number of rotatable bonds is 7. The van der Waals surface area contributed by atoms with Crippen LogP contribution in [-0.4, -0.2) is 27.5 Å². The van der Waals surface area contributed by atoms with Crippen LogP contribution in [0.4, 0.5) is 0 Å². The number of nitrogens with zero attached hydrogens (tertiary/aromatic N) is 4. The number of benzene rings is 11. The molecule has 13 heteroatoms. The van der Waals surface area contributed by atoms with Crippen molar-refractivity contribution in [2.45, 2.75) is 26.2 Å². The Balaban J connectivity index is 0.763. The van der Waals surface area contributed by atoms with Gasteiger partial charge in [0.1, 0.15) is 86.3 Å². The van der Waals surface area contributed by atoms with Crippen molar-refractivity contribution in [2.24, 2.45) is 0 Å². The molecule has 14 aromatic rings. The van der Waals surface area contributed by atoms with E-state index in [9.17, 15) is 0 Å². The highest BCUT2D eigenvalue weighted by Crippen LogP contribution is 2.48. The fourth-order valence-corrected chi connectivity index (χ4v) is 14.7. The zero-order valence-corrected chi connectivity index (χ0v) is 48.2. The minimum absolute atomic E-state index is 0.0553. The molecule has 20 rings (SSSR count). The monoisotopic (exact) mass is 1150 g/mol. The van der Waals surface area contributed by atoms with Gasteiger partial charge in [-0.25, -0.2) is 4.98 Å². The molecule has 6 aliphatic rings. The lowest BCUT2D eigenvalue weighted by Crippen LogP contribution is -2.59. The lowest BCUT2D eigenvalue weighted by Gasteiger charge is -2.37. The number of ether oxygens (including phenoxy) is 7. The lowest BCUT2D eigenvalue weighted by molar-refractivity contribution is -0.571. The number of hydrogen-bond donors (Lipinski definition) is 0. The minimum Gasteiger partial charge on any atom is -0.458 e. The molecule has 0 amide bonds. The first kappa shape index (κ1) is 48.8. The molecule has 0 N–H and O–H groups in total. The van der Waals surface area contributed by atoms with Gasteiger partial charge >= 0.3 is 0 Å². The summed E-state index contributed by atoms with van der Waals surface area (Å²) < 4.78 is 54.4. The van der Waals surface area contributed by atoms with Crippen molar-refractivity contribution in [2.75, 3.05) is 0 Å². The van der Waals surface area contributed by atoms with Crippen LogP contribution in [0.3, 0.4) is 0 Å². The van der Waals surface area contributed by atoms with E-state index in [-0.39, 0.29) is 18.8 Å². The van der Waals surface area contributed by atoms with Gasteiger partial charge in [0, 0.05) is 55.8 Å². The van der Waals surface area contributed by atoms with Crippen LogP contribution in [0.5, 0.6) is 80.5 Å². The van der Waals surface area contributed by atoms with Crippen molar-refractivity contribution in [3.63, 3.8) is 0 Å². The Labute approximate surface area is 510 Å². The fraction of sp³-hybridized carbons (Fsp3) is 0.0526. The van der Waals surface area contributed by atoms with E-state index < -0.39 is 0 Å². The summed E-state index contributed by atoms with van der Waals surface area (Å²) in [6.07, 6.45) is 5.83. The smallest absolute Gasteiger partial charge is 0.270 e. The Kier molecular flexibility index (Phi) is 9.65. The summed E-state index contributed by atoms with van der Waals surface area (Å²) in [4.78, 5) is 4.93. The molecule has 418 valence electrons.